The van der Waals surface area contributed by atoms with E-state index in [-0.39, 0.29) is 16.2 Å². The molecule has 1 N–H and O–H groups in total. The number of fused-ring (bicyclic) bond motifs is 9. The van der Waals surface area contributed by atoms with Gasteiger partial charge in [-0.1, -0.05) is 157 Å². The molecule has 10 rings (SSSR count). The Morgan fingerprint density at radius 2 is 1.12 bits per heavy atom. The zero-order valence-corrected chi connectivity index (χ0v) is 30.2. The van der Waals surface area contributed by atoms with Crippen molar-refractivity contribution < 1.29 is 0 Å². The zero-order chi connectivity index (χ0) is 34.9. The molecule has 9 aromatic rings. The summed E-state index contributed by atoms with van der Waals surface area (Å²) in [7, 11) is 0. The van der Waals surface area contributed by atoms with Crippen molar-refractivity contribution in [1.29, 1.82) is 0 Å². The lowest BCUT2D eigenvalue weighted by atomic mass is 9.59. The van der Waals surface area contributed by atoms with E-state index < -0.39 is 0 Å². The summed E-state index contributed by atoms with van der Waals surface area (Å²) in [6.45, 7) is 14.6. The largest absolute Gasteiger partial charge is 0.353 e. The van der Waals surface area contributed by atoms with Crippen LogP contribution < -0.4 is 0 Å². The van der Waals surface area contributed by atoms with Crippen molar-refractivity contribution >= 4 is 54.4 Å². The minimum Gasteiger partial charge on any atom is -0.353 e. The summed E-state index contributed by atoms with van der Waals surface area (Å²) >= 11 is 0. The third-order valence-electron chi connectivity index (χ3n) is 13.4. The second kappa shape index (κ2) is 10.2. The molecule has 0 bridgehead atoms. The molecule has 0 fully saturated rings. The third kappa shape index (κ3) is 3.94. The van der Waals surface area contributed by atoms with Crippen LogP contribution in [-0.2, 0) is 10.8 Å². The van der Waals surface area contributed by atoms with Gasteiger partial charge in [-0.25, -0.2) is 0 Å². The van der Waals surface area contributed by atoms with Gasteiger partial charge in [0.15, 0.2) is 0 Å². The van der Waals surface area contributed by atoms with Gasteiger partial charge in [-0.2, -0.15) is 0 Å². The van der Waals surface area contributed by atoms with Crippen LogP contribution in [0.1, 0.15) is 52.7 Å². The summed E-state index contributed by atoms with van der Waals surface area (Å²) in [5.74, 6) is 0. The topological polar surface area (TPSA) is 20.7 Å². The molecule has 2 aromatic heterocycles. The Morgan fingerprint density at radius 1 is 0.490 bits per heavy atom. The van der Waals surface area contributed by atoms with Crippen molar-refractivity contribution in [3.63, 3.8) is 0 Å². The van der Waals surface area contributed by atoms with E-state index in [1.165, 1.54) is 93.5 Å². The van der Waals surface area contributed by atoms with Crippen molar-refractivity contribution in [2.45, 2.75) is 52.4 Å². The normalized spacial score (nSPS) is 16.1. The average molecular weight is 659 g/mol. The fourth-order valence-electron chi connectivity index (χ4n) is 9.52. The van der Waals surface area contributed by atoms with Crippen LogP contribution in [0.25, 0.3) is 82.3 Å². The lowest BCUT2D eigenvalue weighted by Crippen LogP contribution is -2.42. The number of H-pyrrole nitrogens is 1. The SMILES string of the molecule is CC1(C)c2cccc(-c3ccc(-c4ccccc4-n4c5ccccc5c5ccc6c7cc8ccccc8cc7[nH]c6c54)cc3)c2C(C)(C)C1(C)C. The molecule has 0 radical (unpaired) electrons. The van der Waals surface area contributed by atoms with Gasteiger partial charge in [-0.15, -0.1) is 0 Å². The standard InChI is InChI=1S/C49H42N2/c1-47(2)40-19-13-18-35(44(40)48(3,4)49(47,5)6)31-24-22-30(23-25-31)34-16-9-11-20-42(34)51-43-21-12-10-17-36(43)38-27-26-37-39-28-32-14-7-8-15-33(32)29-41(39)50-45(37)46(38)51/h7-29,50H,1-6H3. The molecule has 7 aromatic carbocycles. The first-order valence-electron chi connectivity index (χ1n) is 18.3. The van der Waals surface area contributed by atoms with Crippen molar-refractivity contribution in [2.24, 2.45) is 5.41 Å². The predicted octanol–water partition coefficient (Wildman–Crippen LogP) is 13.5. The van der Waals surface area contributed by atoms with E-state index in [2.05, 4.69) is 191 Å². The van der Waals surface area contributed by atoms with Gasteiger partial charge >= 0.3 is 0 Å². The minimum absolute atomic E-state index is 0.0327. The van der Waals surface area contributed by atoms with Crippen molar-refractivity contribution in [3.8, 4) is 27.9 Å². The molecule has 2 heterocycles. The van der Waals surface area contributed by atoms with E-state index in [0.717, 1.165) is 0 Å². The van der Waals surface area contributed by atoms with Crippen LogP contribution >= 0.6 is 0 Å². The number of hydrogen-bond donors (Lipinski definition) is 1. The van der Waals surface area contributed by atoms with Gasteiger partial charge in [0, 0.05) is 32.6 Å². The van der Waals surface area contributed by atoms with Crippen molar-refractivity contribution in [3.05, 3.63) is 151 Å². The van der Waals surface area contributed by atoms with Crippen molar-refractivity contribution in [2.75, 3.05) is 0 Å². The third-order valence-corrected chi connectivity index (χ3v) is 13.4. The van der Waals surface area contributed by atoms with Crippen LogP contribution in [0.3, 0.4) is 0 Å². The Labute approximate surface area is 299 Å². The number of para-hydroxylation sites is 2. The molecule has 0 saturated carbocycles. The maximum Gasteiger partial charge on any atom is 0.0783 e. The fourth-order valence-corrected chi connectivity index (χ4v) is 9.52. The molecule has 0 spiro atoms. The summed E-state index contributed by atoms with van der Waals surface area (Å²) in [6.07, 6.45) is 0. The zero-order valence-electron chi connectivity index (χ0n) is 30.2. The summed E-state index contributed by atoms with van der Waals surface area (Å²) in [5, 5.41) is 7.53. The Bertz CT molecular complexity index is 2870. The first-order chi connectivity index (χ1) is 24.6. The van der Waals surface area contributed by atoms with Crippen LogP contribution in [0.4, 0.5) is 0 Å². The molecule has 248 valence electrons. The number of aromatic nitrogens is 2. The minimum atomic E-state index is 0.0327. The molecule has 2 heteroatoms. The Hall–Kier alpha value is -5.60. The van der Waals surface area contributed by atoms with Gasteiger partial charge in [0.2, 0.25) is 0 Å². The van der Waals surface area contributed by atoms with E-state index in [4.69, 9.17) is 0 Å². The number of benzene rings is 7. The highest BCUT2D eigenvalue weighted by atomic mass is 15.0. The molecular weight excluding hydrogens is 617 g/mol. The Kier molecular flexibility index (Phi) is 6.07. The summed E-state index contributed by atoms with van der Waals surface area (Å²) in [4.78, 5) is 3.89. The monoisotopic (exact) mass is 658 g/mol. The number of hydrogen-bond acceptors (Lipinski definition) is 0. The highest BCUT2D eigenvalue weighted by molar-refractivity contribution is 6.24. The van der Waals surface area contributed by atoms with Gasteiger partial charge in [-0.3, -0.25) is 0 Å². The molecule has 0 saturated heterocycles. The van der Waals surface area contributed by atoms with Gasteiger partial charge in [0.05, 0.1) is 22.2 Å². The molecule has 0 unspecified atom stereocenters. The molecule has 0 amide bonds. The van der Waals surface area contributed by atoms with Crippen LogP contribution in [-0.4, -0.2) is 9.55 Å². The summed E-state index contributed by atoms with van der Waals surface area (Å²) < 4.78 is 2.49. The van der Waals surface area contributed by atoms with Gasteiger partial charge in [0.25, 0.3) is 0 Å². The van der Waals surface area contributed by atoms with Gasteiger partial charge in [0.1, 0.15) is 0 Å². The smallest absolute Gasteiger partial charge is 0.0783 e. The van der Waals surface area contributed by atoms with E-state index in [9.17, 15) is 0 Å². The van der Waals surface area contributed by atoms with Crippen LogP contribution in [0.5, 0.6) is 0 Å². The predicted molar refractivity (Wildman–Crippen MR) is 218 cm³/mol. The number of aromatic amines is 1. The maximum atomic E-state index is 3.89. The van der Waals surface area contributed by atoms with Crippen LogP contribution in [0.15, 0.2) is 140 Å². The van der Waals surface area contributed by atoms with Gasteiger partial charge < -0.3 is 9.55 Å². The van der Waals surface area contributed by atoms with E-state index in [0.29, 0.717) is 0 Å². The second-order valence-electron chi connectivity index (χ2n) is 16.3. The maximum absolute atomic E-state index is 3.89. The molecule has 1 aliphatic rings. The number of nitrogens with zero attached hydrogens (tertiary/aromatic N) is 1. The Balaban J connectivity index is 1.18. The quantitative estimate of drug-likeness (QED) is 0.195. The first-order valence-corrected chi connectivity index (χ1v) is 18.3. The lowest BCUT2D eigenvalue weighted by molar-refractivity contribution is 0.125. The van der Waals surface area contributed by atoms with E-state index in [1.54, 1.807) is 0 Å². The highest BCUT2D eigenvalue weighted by Crippen LogP contribution is 2.63. The summed E-state index contributed by atoms with van der Waals surface area (Å²) in [6, 6.07) is 51.9. The average Bonchev–Trinajstić information content (AvgIpc) is 3.71. The second-order valence-corrected chi connectivity index (χ2v) is 16.3. The summed E-state index contributed by atoms with van der Waals surface area (Å²) in [5.41, 5.74) is 14.2. The number of nitrogens with one attached hydrogen (secondary N) is 1. The Morgan fingerprint density at radius 3 is 1.90 bits per heavy atom. The molecular formula is C49H42N2. The van der Waals surface area contributed by atoms with Crippen LogP contribution in [0, 0.1) is 5.41 Å². The van der Waals surface area contributed by atoms with Gasteiger partial charge in [-0.05, 0) is 79.1 Å². The van der Waals surface area contributed by atoms with Crippen LogP contribution in [0.2, 0.25) is 0 Å². The molecule has 1 aliphatic carbocycles. The fraction of sp³-hybridized carbons (Fsp3) is 0.184. The molecule has 51 heavy (non-hydrogen) atoms. The molecule has 0 aliphatic heterocycles. The van der Waals surface area contributed by atoms with E-state index >= 15 is 0 Å². The van der Waals surface area contributed by atoms with Crippen molar-refractivity contribution in [1.82, 2.24) is 9.55 Å². The molecule has 0 atom stereocenters. The lowest BCUT2D eigenvalue weighted by Gasteiger charge is -2.44. The highest BCUT2D eigenvalue weighted by Gasteiger charge is 2.57. The number of rotatable bonds is 3. The first kappa shape index (κ1) is 30.2. The van der Waals surface area contributed by atoms with E-state index in [1.807, 2.05) is 0 Å². The molecule has 2 nitrogen and oxygen atoms in total.